The molecule has 0 aliphatic rings. The maximum Gasteiger partial charge on any atom is 0.323 e. The first-order valence-electron chi connectivity index (χ1n) is 9.41. The SMILES string of the molecule is CCCc1sc2ncnc(N)c2c1-c1ccc(NC(=O)Nc2ccccc2)cc1. The van der Waals surface area contributed by atoms with Gasteiger partial charge in [-0.25, -0.2) is 14.8 Å². The van der Waals surface area contributed by atoms with E-state index in [0.717, 1.165) is 39.9 Å². The number of hydrogen-bond acceptors (Lipinski definition) is 5. The molecule has 0 aliphatic carbocycles. The van der Waals surface area contributed by atoms with Crippen molar-refractivity contribution in [1.82, 2.24) is 9.97 Å². The number of anilines is 3. The zero-order valence-corrected chi connectivity index (χ0v) is 16.8. The number of rotatable bonds is 5. The molecule has 4 aromatic rings. The highest BCUT2D eigenvalue weighted by atomic mass is 32.1. The second kappa shape index (κ2) is 8.28. The van der Waals surface area contributed by atoms with E-state index in [-0.39, 0.29) is 6.03 Å². The Balaban J connectivity index is 1.59. The van der Waals surface area contributed by atoms with Crippen LogP contribution in [0.5, 0.6) is 0 Å². The summed E-state index contributed by atoms with van der Waals surface area (Å²) in [5, 5.41) is 6.57. The van der Waals surface area contributed by atoms with Gasteiger partial charge in [0.25, 0.3) is 0 Å². The first kappa shape index (κ1) is 18.9. The number of nitrogens with two attached hydrogens (primary N) is 1. The molecule has 4 rings (SSSR count). The van der Waals surface area contributed by atoms with Crippen LogP contribution in [0, 0.1) is 0 Å². The van der Waals surface area contributed by atoms with E-state index >= 15 is 0 Å². The molecule has 0 spiro atoms. The highest BCUT2D eigenvalue weighted by molar-refractivity contribution is 7.19. The van der Waals surface area contributed by atoms with E-state index in [9.17, 15) is 4.79 Å². The Bertz CT molecular complexity index is 1140. The lowest BCUT2D eigenvalue weighted by atomic mass is 10.0. The van der Waals surface area contributed by atoms with Gasteiger partial charge in [-0.05, 0) is 36.2 Å². The Labute approximate surface area is 172 Å². The highest BCUT2D eigenvalue weighted by Gasteiger charge is 2.17. The third-order valence-corrected chi connectivity index (χ3v) is 5.69. The van der Waals surface area contributed by atoms with E-state index in [1.165, 1.54) is 11.2 Å². The summed E-state index contributed by atoms with van der Waals surface area (Å²) in [5.41, 5.74) is 9.74. The Kier molecular flexibility index (Phi) is 5.39. The summed E-state index contributed by atoms with van der Waals surface area (Å²) < 4.78 is 0. The molecule has 0 bridgehead atoms. The van der Waals surface area contributed by atoms with E-state index in [1.807, 2.05) is 54.6 Å². The molecule has 146 valence electrons. The lowest BCUT2D eigenvalue weighted by Gasteiger charge is -2.09. The van der Waals surface area contributed by atoms with E-state index in [2.05, 4.69) is 27.5 Å². The second-order valence-electron chi connectivity index (χ2n) is 6.61. The van der Waals surface area contributed by atoms with Gasteiger partial charge in [0, 0.05) is 21.8 Å². The standard InChI is InChI=1S/C22H21N5OS/c1-2-6-17-18(19-20(23)24-13-25-21(19)29-17)14-9-11-16(12-10-14)27-22(28)26-15-7-4-3-5-8-15/h3-5,7-13H,2,6H2,1H3,(H2,23,24,25)(H2,26,27,28). The van der Waals surface area contributed by atoms with Crippen LogP contribution in [0.15, 0.2) is 60.9 Å². The maximum atomic E-state index is 12.2. The quantitative estimate of drug-likeness (QED) is 0.408. The van der Waals surface area contributed by atoms with Crippen LogP contribution in [0.4, 0.5) is 22.0 Å². The minimum absolute atomic E-state index is 0.283. The average molecular weight is 404 g/mol. The molecule has 2 aromatic heterocycles. The molecule has 0 saturated carbocycles. The largest absolute Gasteiger partial charge is 0.383 e. The summed E-state index contributed by atoms with van der Waals surface area (Å²) >= 11 is 1.66. The van der Waals surface area contributed by atoms with Crippen LogP contribution in [0.2, 0.25) is 0 Å². The molecule has 0 unspecified atom stereocenters. The molecule has 6 nitrogen and oxygen atoms in total. The van der Waals surface area contributed by atoms with E-state index in [1.54, 1.807) is 11.3 Å². The van der Waals surface area contributed by atoms with Crippen LogP contribution in [0.25, 0.3) is 21.3 Å². The highest BCUT2D eigenvalue weighted by Crippen LogP contribution is 2.40. The van der Waals surface area contributed by atoms with Crippen molar-refractivity contribution in [3.63, 3.8) is 0 Å². The van der Waals surface area contributed by atoms with Crippen LogP contribution in [-0.4, -0.2) is 16.0 Å². The normalized spacial score (nSPS) is 10.8. The van der Waals surface area contributed by atoms with Crippen molar-refractivity contribution in [2.45, 2.75) is 19.8 Å². The van der Waals surface area contributed by atoms with Gasteiger partial charge in [-0.3, -0.25) is 0 Å². The molecule has 0 aliphatic heterocycles. The van der Waals surface area contributed by atoms with Crippen LogP contribution < -0.4 is 16.4 Å². The van der Waals surface area contributed by atoms with Crippen molar-refractivity contribution < 1.29 is 4.79 Å². The monoisotopic (exact) mass is 403 g/mol. The number of benzene rings is 2. The van der Waals surface area contributed by atoms with Gasteiger partial charge in [0.05, 0.1) is 5.39 Å². The lowest BCUT2D eigenvalue weighted by Crippen LogP contribution is -2.19. The van der Waals surface area contributed by atoms with Crippen molar-refractivity contribution in [3.05, 3.63) is 65.8 Å². The maximum absolute atomic E-state index is 12.2. The number of aromatic nitrogens is 2. The number of nitrogens with zero attached hydrogens (tertiary/aromatic N) is 2. The van der Waals surface area contributed by atoms with Crippen molar-refractivity contribution in [2.75, 3.05) is 16.4 Å². The van der Waals surface area contributed by atoms with E-state index < -0.39 is 0 Å². The van der Waals surface area contributed by atoms with Gasteiger partial charge < -0.3 is 16.4 Å². The number of fused-ring (bicyclic) bond motifs is 1. The second-order valence-corrected chi connectivity index (χ2v) is 7.70. The molecule has 0 saturated heterocycles. The Morgan fingerprint density at radius 2 is 1.69 bits per heavy atom. The van der Waals surface area contributed by atoms with E-state index in [0.29, 0.717) is 11.5 Å². The predicted molar refractivity (Wildman–Crippen MR) is 120 cm³/mol. The number of urea groups is 1. The Hall–Kier alpha value is -3.45. The van der Waals surface area contributed by atoms with E-state index in [4.69, 9.17) is 5.73 Å². The van der Waals surface area contributed by atoms with Crippen molar-refractivity contribution >= 4 is 44.8 Å². The number of aryl methyl sites for hydroxylation is 1. The van der Waals surface area contributed by atoms with Crippen LogP contribution >= 0.6 is 11.3 Å². The minimum atomic E-state index is -0.283. The molecule has 2 amide bonds. The summed E-state index contributed by atoms with van der Waals surface area (Å²) in [6.45, 7) is 2.15. The number of para-hydroxylation sites is 1. The van der Waals surface area contributed by atoms with Gasteiger partial charge in [-0.15, -0.1) is 11.3 Å². The number of amides is 2. The smallest absolute Gasteiger partial charge is 0.323 e. The van der Waals surface area contributed by atoms with Crippen LogP contribution in [-0.2, 0) is 6.42 Å². The number of carbonyl (C=O) groups is 1. The van der Waals surface area contributed by atoms with Gasteiger partial charge in [0.2, 0.25) is 0 Å². The topological polar surface area (TPSA) is 92.9 Å². The molecule has 2 heterocycles. The van der Waals surface area contributed by atoms with Gasteiger partial charge >= 0.3 is 6.03 Å². The third-order valence-electron chi connectivity index (χ3n) is 4.53. The molecule has 4 N–H and O–H groups in total. The van der Waals surface area contributed by atoms with Crippen LogP contribution in [0.1, 0.15) is 18.2 Å². The van der Waals surface area contributed by atoms with Gasteiger partial charge in [0.15, 0.2) is 0 Å². The summed E-state index contributed by atoms with van der Waals surface area (Å²) in [5.74, 6) is 0.494. The van der Waals surface area contributed by atoms with Crippen molar-refractivity contribution in [2.24, 2.45) is 0 Å². The lowest BCUT2D eigenvalue weighted by molar-refractivity contribution is 0.262. The number of nitrogen functional groups attached to an aromatic ring is 1. The Morgan fingerprint density at radius 1 is 1.00 bits per heavy atom. The molecule has 29 heavy (non-hydrogen) atoms. The first-order valence-corrected chi connectivity index (χ1v) is 10.2. The molecular formula is C22H21N5OS. The average Bonchev–Trinajstić information content (AvgIpc) is 3.09. The number of carbonyl (C=O) groups excluding carboxylic acids is 1. The first-order chi connectivity index (χ1) is 14.2. The zero-order valence-electron chi connectivity index (χ0n) is 16.0. The summed E-state index contributed by atoms with van der Waals surface area (Å²) in [6, 6.07) is 16.8. The van der Waals surface area contributed by atoms with Crippen LogP contribution in [0.3, 0.4) is 0 Å². The van der Waals surface area contributed by atoms with Gasteiger partial charge in [-0.1, -0.05) is 43.7 Å². The molecule has 0 fully saturated rings. The molecule has 0 radical (unpaired) electrons. The fraction of sp³-hybridized carbons (Fsp3) is 0.136. The minimum Gasteiger partial charge on any atom is -0.383 e. The Morgan fingerprint density at radius 3 is 2.38 bits per heavy atom. The summed E-state index contributed by atoms with van der Waals surface area (Å²) in [6.07, 6.45) is 3.49. The number of hydrogen-bond donors (Lipinski definition) is 3. The summed E-state index contributed by atoms with van der Waals surface area (Å²) in [4.78, 5) is 22.9. The summed E-state index contributed by atoms with van der Waals surface area (Å²) in [7, 11) is 0. The molecule has 7 heteroatoms. The van der Waals surface area contributed by atoms with Crippen molar-refractivity contribution in [1.29, 1.82) is 0 Å². The fourth-order valence-corrected chi connectivity index (χ4v) is 4.52. The molecule has 0 atom stereocenters. The third kappa shape index (κ3) is 4.05. The predicted octanol–water partition coefficient (Wildman–Crippen LogP) is 5.54. The molecular weight excluding hydrogens is 382 g/mol. The van der Waals surface area contributed by atoms with Gasteiger partial charge in [-0.2, -0.15) is 0 Å². The fourth-order valence-electron chi connectivity index (χ4n) is 3.25. The van der Waals surface area contributed by atoms with Gasteiger partial charge in [0.1, 0.15) is 17.0 Å². The number of nitrogens with one attached hydrogen (secondary N) is 2. The molecule has 2 aromatic carbocycles. The number of thiophene rings is 1. The zero-order chi connectivity index (χ0) is 20.2. The van der Waals surface area contributed by atoms with Crippen molar-refractivity contribution in [3.8, 4) is 11.1 Å².